The highest BCUT2D eigenvalue weighted by Gasteiger charge is 2.25. The number of rotatable bonds is 7. The number of likely N-dealkylation sites (tertiary alicyclic amines) is 1. The molecule has 1 aromatic carbocycles. The summed E-state index contributed by atoms with van der Waals surface area (Å²) in [4.78, 5) is 14.6. The maximum atomic E-state index is 12.6. The van der Waals surface area contributed by atoms with E-state index in [0.717, 1.165) is 25.8 Å². The van der Waals surface area contributed by atoms with Gasteiger partial charge in [0, 0.05) is 24.2 Å². The van der Waals surface area contributed by atoms with E-state index in [9.17, 15) is 4.79 Å². The van der Waals surface area contributed by atoms with Crippen molar-refractivity contribution >= 4 is 17.7 Å². The summed E-state index contributed by atoms with van der Waals surface area (Å²) >= 11 is 1.28. The number of ether oxygens (including phenoxy) is 2. The Morgan fingerprint density at radius 3 is 2.63 bits per heavy atom. The Kier molecular flexibility index (Phi) is 6.60. The minimum absolute atomic E-state index is 0.134. The van der Waals surface area contributed by atoms with Gasteiger partial charge in [0.05, 0.1) is 20.0 Å². The highest BCUT2D eigenvalue weighted by Crippen LogP contribution is 2.30. The fraction of sp³-hybridized carbons (Fsp3) is 0.526. The SMILES string of the molecule is CC[C@H]1CCCCN1C(=O)CSc1nnc(-c2cc(OC)cc(OC)c2)o1. The van der Waals surface area contributed by atoms with E-state index in [-0.39, 0.29) is 5.91 Å². The van der Waals surface area contributed by atoms with E-state index < -0.39 is 0 Å². The van der Waals surface area contributed by atoms with Crippen LogP contribution >= 0.6 is 11.8 Å². The van der Waals surface area contributed by atoms with Crippen LogP contribution in [0, 0.1) is 0 Å². The molecule has 1 amide bonds. The van der Waals surface area contributed by atoms with Gasteiger partial charge in [0.25, 0.3) is 5.22 Å². The third kappa shape index (κ3) is 4.74. The Morgan fingerprint density at radius 1 is 1.22 bits per heavy atom. The lowest BCUT2D eigenvalue weighted by molar-refractivity contribution is -0.132. The Labute approximate surface area is 163 Å². The first kappa shape index (κ1) is 19.5. The fourth-order valence-corrected chi connectivity index (χ4v) is 3.92. The Balaban J connectivity index is 1.65. The predicted octanol–water partition coefficient (Wildman–Crippen LogP) is 3.64. The van der Waals surface area contributed by atoms with Crippen LogP contribution in [0.2, 0.25) is 0 Å². The van der Waals surface area contributed by atoms with Gasteiger partial charge in [-0.1, -0.05) is 18.7 Å². The number of hydrogen-bond acceptors (Lipinski definition) is 7. The molecule has 2 aromatic rings. The largest absolute Gasteiger partial charge is 0.497 e. The zero-order valence-electron chi connectivity index (χ0n) is 15.9. The second-order valence-corrected chi connectivity index (χ2v) is 7.33. The van der Waals surface area contributed by atoms with Crippen LogP contribution in [0.15, 0.2) is 27.8 Å². The van der Waals surface area contributed by atoms with Crippen LogP contribution < -0.4 is 9.47 Å². The molecule has 0 radical (unpaired) electrons. The maximum Gasteiger partial charge on any atom is 0.277 e. The molecule has 8 heteroatoms. The third-order valence-corrected chi connectivity index (χ3v) is 5.55. The fourth-order valence-electron chi connectivity index (χ4n) is 3.28. The van der Waals surface area contributed by atoms with Gasteiger partial charge in [-0.3, -0.25) is 4.79 Å². The first-order valence-electron chi connectivity index (χ1n) is 9.13. The number of thioether (sulfide) groups is 1. The van der Waals surface area contributed by atoms with Gasteiger partial charge >= 0.3 is 0 Å². The molecule has 146 valence electrons. The molecule has 1 atom stereocenters. The monoisotopic (exact) mass is 391 g/mol. The number of nitrogens with zero attached hydrogens (tertiary/aromatic N) is 3. The average Bonchev–Trinajstić information content (AvgIpc) is 3.20. The van der Waals surface area contributed by atoms with E-state index >= 15 is 0 Å². The van der Waals surface area contributed by atoms with Crippen LogP contribution in [0.1, 0.15) is 32.6 Å². The molecule has 1 fully saturated rings. The summed E-state index contributed by atoms with van der Waals surface area (Å²) < 4.78 is 16.3. The predicted molar refractivity (Wildman–Crippen MR) is 103 cm³/mol. The lowest BCUT2D eigenvalue weighted by Gasteiger charge is -2.35. The summed E-state index contributed by atoms with van der Waals surface area (Å²) in [5.41, 5.74) is 0.707. The molecular formula is C19H25N3O4S. The lowest BCUT2D eigenvalue weighted by Crippen LogP contribution is -2.44. The zero-order chi connectivity index (χ0) is 19.2. The minimum Gasteiger partial charge on any atom is -0.497 e. The molecule has 0 spiro atoms. The molecule has 0 N–H and O–H groups in total. The molecule has 0 saturated carbocycles. The van der Waals surface area contributed by atoms with Crippen molar-refractivity contribution in [1.29, 1.82) is 0 Å². The van der Waals surface area contributed by atoms with Gasteiger partial charge in [0.15, 0.2) is 0 Å². The second-order valence-electron chi connectivity index (χ2n) is 6.41. The molecule has 2 heterocycles. The van der Waals surface area contributed by atoms with Crippen molar-refractivity contribution in [3.05, 3.63) is 18.2 Å². The highest BCUT2D eigenvalue weighted by atomic mass is 32.2. The summed E-state index contributed by atoms with van der Waals surface area (Å²) in [6.07, 6.45) is 4.37. The molecule has 27 heavy (non-hydrogen) atoms. The van der Waals surface area contributed by atoms with E-state index in [2.05, 4.69) is 17.1 Å². The molecule has 1 saturated heterocycles. The molecule has 7 nitrogen and oxygen atoms in total. The molecule has 0 aliphatic carbocycles. The van der Waals surface area contributed by atoms with Gasteiger partial charge in [0.1, 0.15) is 11.5 Å². The van der Waals surface area contributed by atoms with Crippen LogP contribution in [0.5, 0.6) is 11.5 Å². The first-order valence-corrected chi connectivity index (χ1v) is 10.1. The lowest BCUT2D eigenvalue weighted by atomic mass is 10.0. The first-order chi connectivity index (χ1) is 13.1. The molecule has 0 bridgehead atoms. The number of amides is 1. The maximum absolute atomic E-state index is 12.6. The Hall–Kier alpha value is -2.22. The average molecular weight is 391 g/mol. The molecule has 1 aromatic heterocycles. The summed E-state index contributed by atoms with van der Waals surface area (Å²) in [5.74, 6) is 2.09. The van der Waals surface area contributed by atoms with Crippen LogP contribution in [0.3, 0.4) is 0 Å². The van der Waals surface area contributed by atoms with Gasteiger partial charge in [-0.05, 0) is 37.8 Å². The highest BCUT2D eigenvalue weighted by molar-refractivity contribution is 7.99. The van der Waals surface area contributed by atoms with Crippen molar-refractivity contribution in [2.24, 2.45) is 0 Å². The standard InChI is InChI=1S/C19H25N3O4S/c1-4-14-7-5-6-8-22(14)17(23)12-27-19-21-20-18(26-19)13-9-15(24-2)11-16(10-13)25-3/h9-11,14H,4-8,12H2,1-3H3/t14-/m0/s1. The van der Waals surface area contributed by atoms with Crippen molar-refractivity contribution in [2.75, 3.05) is 26.5 Å². The van der Waals surface area contributed by atoms with E-state index in [1.54, 1.807) is 32.4 Å². The van der Waals surface area contributed by atoms with Crippen LogP contribution in [0.4, 0.5) is 0 Å². The van der Waals surface area contributed by atoms with Crippen molar-refractivity contribution in [3.63, 3.8) is 0 Å². The molecule has 1 aliphatic heterocycles. The van der Waals surface area contributed by atoms with E-state index in [1.807, 2.05) is 4.90 Å². The van der Waals surface area contributed by atoms with E-state index in [0.29, 0.717) is 40.0 Å². The molecular weight excluding hydrogens is 366 g/mol. The second kappa shape index (κ2) is 9.12. The zero-order valence-corrected chi connectivity index (χ0v) is 16.8. The van der Waals surface area contributed by atoms with Crippen molar-refractivity contribution in [2.45, 2.75) is 43.9 Å². The van der Waals surface area contributed by atoms with Gasteiger partial charge < -0.3 is 18.8 Å². The number of hydrogen-bond donors (Lipinski definition) is 0. The van der Waals surface area contributed by atoms with Gasteiger partial charge in [-0.2, -0.15) is 0 Å². The van der Waals surface area contributed by atoms with Crippen molar-refractivity contribution < 1.29 is 18.7 Å². The van der Waals surface area contributed by atoms with Crippen LogP contribution in [0.25, 0.3) is 11.5 Å². The van der Waals surface area contributed by atoms with Crippen LogP contribution in [-0.2, 0) is 4.79 Å². The summed E-state index contributed by atoms with van der Waals surface area (Å²) in [6.45, 7) is 2.98. The summed E-state index contributed by atoms with van der Waals surface area (Å²) in [6, 6.07) is 5.73. The number of piperidine rings is 1. The normalized spacial score (nSPS) is 17.0. The topological polar surface area (TPSA) is 77.7 Å². The quantitative estimate of drug-likeness (QED) is 0.667. The number of carbonyl (C=O) groups is 1. The number of carbonyl (C=O) groups excluding carboxylic acids is 1. The van der Waals surface area contributed by atoms with E-state index in [4.69, 9.17) is 13.9 Å². The van der Waals surface area contributed by atoms with Crippen molar-refractivity contribution in [1.82, 2.24) is 15.1 Å². The Morgan fingerprint density at radius 2 is 1.96 bits per heavy atom. The summed E-state index contributed by atoms with van der Waals surface area (Å²) in [5, 5.41) is 8.52. The number of methoxy groups -OCH3 is 2. The molecule has 0 unspecified atom stereocenters. The van der Waals surface area contributed by atoms with E-state index in [1.165, 1.54) is 18.2 Å². The van der Waals surface area contributed by atoms with Gasteiger partial charge in [0.2, 0.25) is 11.8 Å². The van der Waals surface area contributed by atoms with Crippen molar-refractivity contribution in [3.8, 4) is 23.0 Å². The van der Waals surface area contributed by atoms with Gasteiger partial charge in [-0.15, -0.1) is 10.2 Å². The summed E-state index contributed by atoms with van der Waals surface area (Å²) in [7, 11) is 3.17. The minimum atomic E-state index is 0.134. The number of aromatic nitrogens is 2. The molecule has 1 aliphatic rings. The van der Waals surface area contributed by atoms with Crippen LogP contribution in [-0.4, -0.2) is 53.6 Å². The molecule has 3 rings (SSSR count). The third-order valence-electron chi connectivity index (χ3n) is 4.74. The van der Waals surface area contributed by atoms with Gasteiger partial charge in [-0.25, -0.2) is 0 Å². The Bertz CT molecular complexity index is 758. The number of benzene rings is 1. The smallest absolute Gasteiger partial charge is 0.277 e.